The first-order valence-electron chi connectivity index (χ1n) is 8.79. The highest BCUT2D eigenvalue weighted by molar-refractivity contribution is 5.81. The van der Waals surface area contributed by atoms with Gasteiger partial charge in [-0.3, -0.25) is 4.79 Å². The Morgan fingerprint density at radius 3 is 2.96 bits per heavy atom. The summed E-state index contributed by atoms with van der Waals surface area (Å²) >= 11 is 0. The summed E-state index contributed by atoms with van der Waals surface area (Å²) in [6, 6.07) is 9.49. The number of carbonyl (C=O) groups excluding carboxylic acids is 2. The average Bonchev–Trinajstić information content (AvgIpc) is 3.06. The van der Waals surface area contributed by atoms with E-state index >= 15 is 0 Å². The SMILES string of the molecule is CCOC(=O)N1CCCC(C(=O)NC(C)c2cc3ccccc3o2)C1. The zero-order chi connectivity index (χ0) is 17.8. The second-order valence-electron chi connectivity index (χ2n) is 6.40. The van der Waals surface area contributed by atoms with Crippen molar-refractivity contribution in [1.82, 2.24) is 10.2 Å². The monoisotopic (exact) mass is 344 g/mol. The van der Waals surface area contributed by atoms with Crippen LogP contribution in [0.3, 0.4) is 0 Å². The summed E-state index contributed by atoms with van der Waals surface area (Å²) in [5.41, 5.74) is 0.810. The predicted octanol–water partition coefficient (Wildman–Crippen LogP) is 3.48. The molecular weight excluding hydrogens is 320 g/mol. The predicted molar refractivity (Wildman–Crippen MR) is 94.1 cm³/mol. The molecule has 1 N–H and O–H groups in total. The third-order valence-corrected chi connectivity index (χ3v) is 4.55. The number of hydrogen-bond donors (Lipinski definition) is 1. The number of piperidine rings is 1. The van der Waals surface area contributed by atoms with Crippen LogP contribution in [-0.2, 0) is 9.53 Å². The highest BCUT2D eigenvalue weighted by Gasteiger charge is 2.30. The maximum Gasteiger partial charge on any atom is 0.409 e. The molecule has 3 rings (SSSR count). The topological polar surface area (TPSA) is 71.8 Å². The van der Waals surface area contributed by atoms with Gasteiger partial charge in [0.1, 0.15) is 11.3 Å². The summed E-state index contributed by atoms with van der Waals surface area (Å²) in [7, 11) is 0. The summed E-state index contributed by atoms with van der Waals surface area (Å²) in [6.07, 6.45) is 1.23. The first-order chi connectivity index (χ1) is 12.1. The van der Waals surface area contributed by atoms with Crippen LogP contribution in [0.5, 0.6) is 0 Å². The minimum Gasteiger partial charge on any atom is -0.459 e. The van der Waals surface area contributed by atoms with Gasteiger partial charge in [0, 0.05) is 18.5 Å². The quantitative estimate of drug-likeness (QED) is 0.922. The Balaban J connectivity index is 1.61. The van der Waals surface area contributed by atoms with E-state index < -0.39 is 0 Å². The minimum atomic E-state index is -0.342. The molecule has 1 saturated heterocycles. The van der Waals surface area contributed by atoms with Gasteiger partial charge in [0.2, 0.25) is 5.91 Å². The van der Waals surface area contributed by atoms with Gasteiger partial charge in [-0.2, -0.15) is 0 Å². The van der Waals surface area contributed by atoms with E-state index in [9.17, 15) is 9.59 Å². The fraction of sp³-hybridized carbons (Fsp3) is 0.474. The number of nitrogens with one attached hydrogen (secondary N) is 1. The Morgan fingerprint density at radius 2 is 2.20 bits per heavy atom. The van der Waals surface area contributed by atoms with Gasteiger partial charge in [0.05, 0.1) is 18.6 Å². The molecule has 1 aromatic carbocycles. The number of benzene rings is 1. The van der Waals surface area contributed by atoms with E-state index in [0.29, 0.717) is 19.7 Å². The first kappa shape index (κ1) is 17.3. The van der Waals surface area contributed by atoms with Crippen molar-refractivity contribution in [3.8, 4) is 0 Å². The van der Waals surface area contributed by atoms with Crippen molar-refractivity contribution in [2.45, 2.75) is 32.7 Å². The lowest BCUT2D eigenvalue weighted by Gasteiger charge is -2.31. The van der Waals surface area contributed by atoms with Gasteiger partial charge in [0.15, 0.2) is 0 Å². The van der Waals surface area contributed by atoms with Gasteiger partial charge < -0.3 is 19.4 Å². The Kier molecular flexibility index (Phi) is 5.26. The molecule has 1 aromatic heterocycles. The Labute approximate surface area is 147 Å². The normalized spacial score (nSPS) is 18.8. The molecule has 2 unspecified atom stereocenters. The van der Waals surface area contributed by atoms with Crippen molar-refractivity contribution in [1.29, 1.82) is 0 Å². The van der Waals surface area contributed by atoms with Crippen molar-refractivity contribution in [2.75, 3.05) is 19.7 Å². The molecule has 0 bridgehead atoms. The number of para-hydroxylation sites is 1. The van der Waals surface area contributed by atoms with Gasteiger partial charge >= 0.3 is 6.09 Å². The van der Waals surface area contributed by atoms with E-state index in [1.54, 1.807) is 11.8 Å². The first-order valence-corrected chi connectivity index (χ1v) is 8.79. The number of hydrogen-bond acceptors (Lipinski definition) is 4. The fourth-order valence-corrected chi connectivity index (χ4v) is 3.19. The maximum absolute atomic E-state index is 12.6. The molecular formula is C19H24N2O4. The fourth-order valence-electron chi connectivity index (χ4n) is 3.19. The molecule has 2 aromatic rings. The van der Waals surface area contributed by atoms with Crippen molar-refractivity contribution in [2.24, 2.45) is 5.92 Å². The molecule has 25 heavy (non-hydrogen) atoms. The highest BCUT2D eigenvalue weighted by Crippen LogP contribution is 2.24. The number of furan rings is 1. The molecule has 6 nitrogen and oxygen atoms in total. The van der Waals surface area contributed by atoms with Crippen LogP contribution in [0.2, 0.25) is 0 Å². The summed E-state index contributed by atoms with van der Waals surface area (Å²) in [6.45, 7) is 5.07. The zero-order valence-electron chi connectivity index (χ0n) is 14.7. The molecule has 0 radical (unpaired) electrons. The largest absolute Gasteiger partial charge is 0.459 e. The number of ether oxygens (including phenoxy) is 1. The number of carbonyl (C=O) groups is 2. The van der Waals surface area contributed by atoms with Crippen molar-refractivity contribution in [3.05, 3.63) is 36.1 Å². The lowest BCUT2D eigenvalue weighted by atomic mass is 9.97. The second-order valence-corrected chi connectivity index (χ2v) is 6.40. The molecule has 0 spiro atoms. The van der Waals surface area contributed by atoms with Gasteiger partial charge in [-0.25, -0.2) is 4.79 Å². The van der Waals surface area contributed by atoms with E-state index in [2.05, 4.69) is 5.32 Å². The van der Waals surface area contributed by atoms with Crippen molar-refractivity contribution in [3.63, 3.8) is 0 Å². The smallest absolute Gasteiger partial charge is 0.409 e. The highest BCUT2D eigenvalue weighted by atomic mass is 16.6. The number of nitrogens with zero attached hydrogens (tertiary/aromatic N) is 1. The van der Waals surface area contributed by atoms with Crippen LogP contribution in [0.25, 0.3) is 11.0 Å². The van der Waals surface area contributed by atoms with Crippen LogP contribution in [0.4, 0.5) is 4.79 Å². The lowest BCUT2D eigenvalue weighted by Crippen LogP contribution is -2.46. The molecule has 6 heteroatoms. The van der Waals surface area contributed by atoms with Gasteiger partial charge in [-0.15, -0.1) is 0 Å². The Morgan fingerprint density at radius 1 is 1.40 bits per heavy atom. The van der Waals surface area contributed by atoms with E-state index in [4.69, 9.17) is 9.15 Å². The Hall–Kier alpha value is -2.50. The van der Waals surface area contributed by atoms with Crippen LogP contribution in [0.1, 0.15) is 38.5 Å². The van der Waals surface area contributed by atoms with Crippen molar-refractivity contribution < 1.29 is 18.7 Å². The van der Waals surface area contributed by atoms with Gasteiger partial charge in [-0.1, -0.05) is 18.2 Å². The van der Waals surface area contributed by atoms with E-state index in [-0.39, 0.29) is 24.0 Å². The van der Waals surface area contributed by atoms with Crippen LogP contribution in [-0.4, -0.2) is 36.6 Å². The second kappa shape index (κ2) is 7.59. The number of rotatable bonds is 4. The Bertz CT molecular complexity index is 722. The molecule has 0 saturated carbocycles. The summed E-state index contributed by atoms with van der Waals surface area (Å²) in [5, 5.41) is 4.03. The molecule has 2 heterocycles. The summed E-state index contributed by atoms with van der Waals surface area (Å²) in [4.78, 5) is 26.1. The standard InChI is InChI=1S/C19H24N2O4/c1-3-24-19(23)21-10-6-8-15(12-21)18(22)20-13(2)17-11-14-7-4-5-9-16(14)25-17/h4-5,7,9,11,13,15H,3,6,8,10,12H2,1-2H3,(H,20,22). The summed E-state index contributed by atoms with van der Waals surface area (Å²) in [5.74, 6) is 0.458. The molecule has 2 amide bonds. The van der Waals surface area contributed by atoms with E-state index in [1.165, 1.54) is 0 Å². The van der Waals surface area contributed by atoms with Crippen LogP contribution >= 0.6 is 0 Å². The van der Waals surface area contributed by atoms with E-state index in [0.717, 1.165) is 29.6 Å². The van der Waals surface area contributed by atoms with E-state index in [1.807, 2.05) is 37.3 Å². The molecule has 0 aliphatic carbocycles. The molecule has 1 aliphatic heterocycles. The molecule has 1 fully saturated rings. The lowest BCUT2D eigenvalue weighted by molar-refractivity contribution is -0.127. The minimum absolute atomic E-state index is 0.0537. The van der Waals surface area contributed by atoms with Gasteiger partial charge in [0.25, 0.3) is 0 Å². The van der Waals surface area contributed by atoms with Crippen LogP contribution in [0.15, 0.2) is 34.7 Å². The summed E-state index contributed by atoms with van der Waals surface area (Å²) < 4.78 is 10.8. The third kappa shape index (κ3) is 3.95. The molecule has 2 atom stereocenters. The number of likely N-dealkylation sites (tertiary alicyclic amines) is 1. The number of fused-ring (bicyclic) bond motifs is 1. The molecule has 134 valence electrons. The molecule has 1 aliphatic rings. The van der Waals surface area contributed by atoms with Gasteiger partial charge in [-0.05, 0) is 38.8 Å². The van der Waals surface area contributed by atoms with Crippen molar-refractivity contribution >= 4 is 23.0 Å². The maximum atomic E-state index is 12.6. The number of amides is 2. The van der Waals surface area contributed by atoms with Crippen LogP contribution in [0, 0.1) is 5.92 Å². The third-order valence-electron chi connectivity index (χ3n) is 4.55. The average molecular weight is 344 g/mol. The van der Waals surface area contributed by atoms with Crippen LogP contribution < -0.4 is 5.32 Å². The zero-order valence-corrected chi connectivity index (χ0v) is 14.7.